The molecule has 1 amide bonds. The lowest BCUT2D eigenvalue weighted by molar-refractivity contribution is -0.121. The molecule has 0 bridgehead atoms. The molecule has 3 heteroatoms. The van der Waals surface area contributed by atoms with E-state index in [-0.39, 0.29) is 11.8 Å². The van der Waals surface area contributed by atoms with Crippen LogP contribution in [-0.4, -0.2) is 23.7 Å². The third kappa shape index (κ3) is 4.07. The maximum absolute atomic E-state index is 11.9. The summed E-state index contributed by atoms with van der Waals surface area (Å²) in [6.07, 6.45) is 4.77. The Morgan fingerprint density at radius 1 is 1.25 bits per heavy atom. The Labute approximate surface area is 121 Å². The predicted molar refractivity (Wildman–Crippen MR) is 80.6 cm³/mol. The van der Waals surface area contributed by atoms with Crippen molar-refractivity contribution in [2.75, 3.05) is 6.54 Å². The van der Waals surface area contributed by atoms with Gasteiger partial charge in [-0.1, -0.05) is 32.0 Å². The summed E-state index contributed by atoms with van der Waals surface area (Å²) in [6, 6.07) is 6.40. The van der Waals surface area contributed by atoms with E-state index in [4.69, 9.17) is 0 Å². The molecule has 0 radical (unpaired) electrons. The number of hydrogen-bond donors (Lipinski definition) is 2. The van der Waals surface area contributed by atoms with Crippen molar-refractivity contribution in [1.29, 1.82) is 0 Å². The van der Waals surface area contributed by atoms with E-state index < -0.39 is 6.10 Å². The van der Waals surface area contributed by atoms with Crippen LogP contribution in [-0.2, 0) is 24.1 Å². The summed E-state index contributed by atoms with van der Waals surface area (Å²) >= 11 is 0. The van der Waals surface area contributed by atoms with E-state index in [1.165, 1.54) is 30.4 Å². The maximum atomic E-state index is 11.9. The van der Waals surface area contributed by atoms with Crippen LogP contribution < -0.4 is 5.32 Å². The minimum absolute atomic E-state index is 0.0135. The van der Waals surface area contributed by atoms with Crippen LogP contribution in [0.1, 0.15) is 43.4 Å². The summed E-state index contributed by atoms with van der Waals surface area (Å²) < 4.78 is 0. The van der Waals surface area contributed by atoms with Crippen LogP contribution in [0.5, 0.6) is 0 Å². The number of aliphatic hydroxyl groups excluding tert-OH is 1. The van der Waals surface area contributed by atoms with Crippen LogP contribution in [0.4, 0.5) is 0 Å². The van der Waals surface area contributed by atoms with Crippen molar-refractivity contribution in [1.82, 2.24) is 5.32 Å². The number of carbonyl (C=O) groups is 1. The standard InChI is InChI=1S/C17H25NO2/c1-12(2)16(19)11-18-17(20)10-13-7-8-14-5-3-4-6-15(14)9-13/h7-9,12,16,19H,3-6,10-11H2,1-2H3,(H,18,20). The second-order valence-corrected chi connectivity index (χ2v) is 6.10. The number of benzene rings is 1. The lowest BCUT2D eigenvalue weighted by Crippen LogP contribution is -2.35. The molecule has 0 saturated carbocycles. The van der Waals surface area contributed by atoms with Gasteiger partial charge in [-0.25, -0.2) is 0 Å². The van der Waals surface area contributed by atoms with Crippen LogP contribution in [0.3, 0.4) is 0 Å². The van der Waals surface area contributed by atoms with Crippen molar-refractivity contribution >= 4 is 5.91 Å². The highest BCUT2D eigenvalue weighted by atomic mass is 16.3. The minimum atomic E-state index is -0.470. The zero-order valence-electron chi connectivity index (χ0n) is 12.5. The first-order valence-electron chi connectivity index (χ1n) is 7.61. The van der Waals surface area contributed by atoms with Gasteiger partial charge in [0, 0.05) is 6.54 Å². The van der Waals surface area contributed by atoms with E-state index in [1.807, 2.05) is 13.8 Å². The molecule has 20 heavy (non-hydrogen) atoms. The van der Waals surface area contributed by atoms with Gasteiger partial charge < -0.3 is 10.4 Å². The van der Waals surface area contributed by atoms with Gasteiger partial charge in [0.05, 0.1) is 12.5 Å². The minimum Gasteiger partial charge on any atom is -0.391 e. The van der Waals surface area contributed by atoms with Gasteiger partial charge >= 0.3 is 0 Å². The van der Waals surface area contributed by atoms with Gasteiger partial charge in [-0.3, -0.25) is 4.79 Å². The third-order valence-electron chi connectivity index (χ3n) is 4.06. The zero-order chi connectivity index (χ0) is 14.5. The van der Waals surface area contributed by atoms with Crippen molar-refractivity contribution in [3.05, 3.63) is 34.9 Å². The van der Waals surface area contributed by atoms with Gasteiger partial charge in [-0.2, -0.15) is 0 Å². The Bertz CT molecular complexity index is 468. The van der Waals surface area contributed by atoms with Crippen molar-refractivity contribution in [2.24, 2.45) is 5.92 Å². The predicted octanol–water partition coefficient (Wildman–Crippen LogP) is 2.24. The highest BCUT2D eigenvalue weighted by Crippen LogP contribution is 2.22. The first-order chi connectivity index (χ1) is 9.56. The van der Waals surface area contributed by atoms with Crippen LogP contribution in [0.25, 0.3) is 0 Å². The molecule has 0 aromatic heterocycles. The smallest absolute Gasteiger partial charge is 0.224 e. The molecule has 1 aromatic rings. The normalized spacial score (nSPS) is 15.8. The highest BCUT2D eigenvalue weighted by Gasteiger charge is 2.13. The van der Waals surface area contributed by atoms with Gasteiger partial charge in [-0.05, 0) is 48.3 Å². The van der Waals surface area contributed by atoms with Crippen LogP contribution in [0.2, 0.25) is 0 Å². The molecular weight excluding hydrogens is 250 g/mol. The number of rotatable bonds is 5. The van der Waals surface area contributed by atoms with Gasteiger partial charge in [0.15, 0.2) is 0 Å². The quantitative estimate of drug-likeness (QED) is 0.866. The van der Waals surface area contributed by atoms with E-state index in [1.54, 1.807) is 0 Å². The average Bonchev–Trinajstić information content (AvgIpc) is 2.44. The highest BCUT2D eigenvalue weighted by molar-refractivity contribution is 5.78. The summed E-state index contributed by atoms with van der Waals surface area (Å²) in [5.74, 6) is 0.152. The zero-order valence-corrected chi connectivity index (χ0v) is 12.5. The summed E-state index contributed by atoms with van der Waals surface area (Å²) in [6.45, 7) is 4.22. The first-order valence-corrected chi connectivity index (χ1v) is 7.61. The lowest BCUT2D eigenvalue weighted by Gasteiger charge is -2.17. The third-order valence-corrected chi connectivity index (χ3v) is 4.06. The van der Waals surface area contributed by atoms with Gasteiger partial charge in [-0.15, -0.1) is 0 Å². The number of hydrogen-bond acceptors (Lipinski definition) is 2. The fourth-order valence-electron chi connectivity index (χ4n) is 2.60. The molecule has 3 nitrogen and oxygen atoms in total. The van der Waals surface area contributed by atoms with E-state index in [0.29, 0.717) is 13.0 Å². The number of amides is 1. The molecule has 1 atom stereocenters. The molecule has 1 aromatic carbocycles. The van der Waals surface area contributed by atoms with Crippen LogP contribution >= 0.6 is 0 Å². The number of fused-ring (bicyclic) bond motifs is 1. The fourth-order valence-corrected chi connectivity index (χ4v) is 2.60. The Morgan fingerprint density at radius 2 is 1.95 bits per heavy atom. The maximum Gasteiger partial charge on any atom is 0.224 e. The van der Waals surface area contributed by atoms with Crippen molar-refractivity contribution in [3.8, 4) is 0 Å². The molecule has 110 valence electrons. The van der Waals surface area contributed by atoms with E-state index in [0.717, 1.165) is 12.0 Å². The molecule has 0 heterocycles. The molecule has 2 N–H and O–H groups in total. The molecule has 0 aliphatic heterocycles. The van der Waals surface area contributed by atoms with Crippen LogP contribution in [0, 0.1) is 5.92 Å². The molecule has 0 saturated heterocycles. The Balaban J connectivity index is 1.88. The van der Waals surface area contributed by atoms with Crippen LogP contribution in [0.15, 0.2) is 18.2 Å². The second-order valence-electron chi connectivity index (χ2n) is 6.10. The molecule has 0 spiro atoms. The van der Waals surface area contributed by atoms with E-state index >= 15 is 0 Å². The SMILES string of the molecule is CC(C)C(O)CNC(=O)Cc1ccc2c(c1)CCCC2. The summed E-state index contributed by atoms with van der Waals surface area (Å²) in [5, 5.41) is 12.5. The molecular formula is C17H25NO2. The molecule has 1 aliphatic carbocycles. The second kappa shape index (κ2) is 6.89. The van der Waals surface area contributed by atoms with E-state index in [2.05, 4.69) is 23.5 Å². The molecule has 1 aliphatic rings. The summed E-state index contributed by atoms with van der Waals surface area (Å²) in [7, 11) is 0. The molecule has 0 fully saturated rings. The van der Waals surface area contributed by atoms with Crippen molar-refractivity contribution in [3.63, 3.8) is 0 Å². The lowest BCUT2D eigenvalue weighted by atomic mass is 9.90. The van der Waals surface area contributed by atoms with Gasteiger partial charge in [0.25, 0.3) is 0 Å². The number of aliphatic hydroxyl groups is 1. The summed E-state index contributed by atoms with van der Waals surface area (Å²) in [4.78, 5) is 11.9. The number of aryl methyl sites for hydroxylation is 2. The molecule has 2 rings (SSSR count). The fraction of sp³-hybridized carbons (Fsp3) is 0.588. The Hall–Kier alpha value is -1.35. The van der Waals surface area contributed by atoms with E-state index in [9.17, 15) is 9.90 Å². The topological polar surface area (TPSA) is 49.3 Å². The Morgan fingerprint density at radius 3 is 2.65 bits per heavy atom. The summed E-state index contributed by atoms with van der Waals surface area (Å²) in [5.41, 5.74) is 3.92. The largest absolute Gasteiger partial charge is 0.391 e. The molecule has 1 unspecified atom stereocenters. The Kier molecular flexibility index (Phi) is 5.18. The van der Waals surface area contributed by atoms with Gasteiger partial charge in [0.1, 0.15) is 0 Å². The average molecular weight is 275 g/mol. The van der Waals surface area contributed by atoms with Crippen molar-refractivity contribution in [2.45, 2.75) is 52.1 Å². The van der Waals surface area contributed by atoms with Crippen molar-refractivity contribution < 1.29 is 9.90 Å². The number of nitrogens with one attached hydrogen (secondary N) is 1. The number of carbonyl (C=O) groups excluding carboxylic acids is 1. The monoisotopic (exact) mass is 275 g/mol. The van der Waals surface area contributed by atoms with Gasteiger partial charge in [0.2, 0.25) is 5.91 Å². The first kappa shape index (κ1) is 15.0.